The minimum absolute atomic E-state index is 0.279. The summed E-state index contributed by atoms with van der Waals surface area (Å²) in [5.41, 5.74) is 1.92. The van der Waals surface area contributed by atoms with Crippen LogP contribution in [-0.2, 0) is 9.53 Å². The van der Waals surface area contributed by atoms with Gasteiger partial charge < -0.3 is 4.74 Å². The molecule has 0 N–H and O–H groups in total. The Balaban J connectivity index is 3.75. The van der Waals surface area contributed by atoms with Crippen LogP contribution in [0.2, 0.25) is 0 Å². The molecule has 0 aliphatic carbocycles. The highest BCUT2D eigenvalue weighted by molar-refractivity contribution is 6.27. The molecule has 0 aromatic rings. The Hall–Kier alpha value is -0.500. The van der Waals surface area contributed by atoms with Crippen LogP contribution in [0.4, 0.5) is 0 Å². The SMILES string of the molecule is CCCCCCC(=CCl)C(=O)OCC. The molecule has 0 radical (unpaired) electrons. The van der Waals surface area contributed by atoms with E-state index in [4.69, 9.17) is 16.3 Å². The van der Waals surface area contributed by atoms with Gasteiger partial charge in [0.15, 0.2) is 0 Å². The average Bonchev–Trinajstić information content (AvgIpc) is 2.18. The summed E-state index contributed by atoms with van der Waals surface area (Å²) in [5.74, 6) is -0.279. The summed E-state index contributed by atoms with van der Waals surface area (Å²) in [7, 11) is 0. The fourth-order valence-corrected chi connectivity index (χ4v) is 1.37. The van der Waals surface area contributed by atoms with E-state index in [1.165, 1.54) is 18.4 Å². The van der Waals surface area contributed by atoms with Gasteiger partial charge in [-0.3, -0.25) is 0 Å². The third-order valence-corrected chi connectivity index (χ3v) is 2.23. The van der Waals surface area contributed by atoms with E-state index in [-0.39, 0.29) is 5.97 Å². The topological polar surface area (TPSA) is 26.3 Å². The highest BCUT2D eigenvalue weighted by Gasteiger charge is 2.08. The lowest BCUT2D eigenvalue weighted by Gasteiger charge is -2.05. The monoisotopic (exact) mass is 218 g/mol. The molecular formula is C11H19ClO2. The number of ether oxygens (including phenoxy) is 1. The third-order valence-electron chi connectivity index (χ3n) is 1.97. The van der Waals surface area contributed by atoms with E-state index >= 15 is 0 Å². The van der Waals surface area contributed by atoms with Crippen molar-refractivity contribution in [3.8, 4) is 0 Å². The zero-order valence-electron chi connectivity index (χ0n) is 9.01. The van der Waals surface area contributed by atoms with Crippen molar-refractivity contribution in [3.05, 3.63) is 11.1 Å². The van der Waals surface area contributed by atoms with Crippen LogP contribution >= 0.6 is 11.6 Å². The molecule has 14 heavy (non-hydrogen) atoms. The Labute approximate surface area is 91.3 Å². The van der Waals surface area contributed by atoms with Gasteiger partial charge in [0, 0.05) is 11.1 Å². The predicted molar refractivity (Wildman–Crippen MR) is 59.3 cm³/mol. The maximum Gasteiger partial charge on any atom is 0.334 e. The van der Waals surface area contributed by atoms with Gasteiger partial charge in [-0.2, -0.15) is 0 Å². The summed E-state index contributed by atoms with van der Waals surface area (Å²) in [5, 5.41) is 0. The number of halogens is 1. The normalized spacial score (nSPS) is 11.5. The lowest BCUT2D eigenvalue weighted by Crippen LogP contribution is -2.07. The first kappa shape index (κ1) is 13.5. The molecule has 0 bridgehead atoms. The predicted octanol–water partition coefficient (Wildman–Crippen LogP) is 3.64. The van der Waals surface area contributed by atoms with Gasteiger partial charge in [0.25, 0.3) is 0 Å². The van der Waals surface area contributed by atoms with E-state index in [1.807, 2.05) is 0 Å². The molecule has 0 amide bonds. The van der Waals surface area contributed by atoms with Crippen molar-refractivity contribution in [2.75, 3.05) is 6.61 Å². The van der Waals surface area contributed by atoms with Crippen LogP contribution < -0.4 is 0 Å². The van der Waals surface area contributed by atoms with E-state index in [0.717, 1.165) is 19.3 Å². The van der Waals surface area contributed by atoms with E-state index in [9.17, 15) is 4.79 Å². The number of unbranched alkanes of at least 4 members (excludes halogenated alkanes) is 3. The Morgan fingerprint density at radius 2 is 2.00 bits per heavy atom. The molecule has 0 saturated carbocycles. The molecule has 0 rings (SSSR count). The fourth-order valence-electron chi connectivity index (χ4n) is 1.17. The van der Waals surface area contributed by atoms with E-state index in [2.05, 4.69) is 6.92 Å². The first-order valence-electron chi connectivity index (χ1n) is 5.22. The molecule has 3 heteroatoms. The van der Waals surface area contributed by atoms with Gasteiger partial charge in [-0.15, -0.1) is 0 Å². The summed E-state index contributed by atoms with van der Waals surface area (Å²) in [6, 6.07) is 0. The average molecular weight is 219 g/mol. The molecule has 0 heterocycles. The number of hydrogen-bond acceptors (Lipinski definition) is 2. The number of esters is 1. The molecule has 2 nitrogen and oxygen atoms in total. The van der Waals surface area contributed by atoms with Gasteiger partial charge in [-0.25, -0.2) is 4.79 Å². The van der Waals surface area contributed by atoms with Gasteiger partial charge in [-0.1, -0.05) is 37.8 Å². The minimum Gasteiger partial charge on any atom is -0.463 e. The zero-order chi connectivity index (χ0) is 10.8. The first-order valence-corrected chi connectivity index (χ1v) is 5.66. The second kappa shape index (κ2) is 9.07. The van der Waals surface area contributed by atoms with Gasteiger partial charge >= 0.3 is 5.97 Å². The molecule has 0 aromatic carbocycles. The van der Waals surface area contributed by atoms with Crippen LogP contribution in [0, 0.1) is 0 Å². The molecule has 0 aliphatic rings. The molecule has 0 aliphatic heterocycles. The standard InChI is InChI=1S/C11H19ClO2/c1-3-5-6-7-8-10(9-12)11(13)14-4-2/h9H,3-8H2,1-2H3. The molecule has 0 unspecified atom stereocenters. The quantitative estimate of drug-likeness (QED) is 0.371. The highest BCUT2D eigenvalue weighted by atomic mass is 35.5. The van der Waals surface area contributed by atoms with E-state index in [0.29, 0.717) is 12.2 Å². The summed E-state index contributed by atoms with van der Waals surface area (Å²) >= 11 is 5.55. The van der Waals surface area contributed by atoms with Crippen LogP contribution in [0.15, 0.2) is 11.1 Å². The summed E-state index contributed by atoms with van der Waals surface area (Å²) in [6.07, 6.45) is 5.27. The summed E-state index contributed by atoms with van der Waals surface area (Å²) in [6.45, 7) is 4.35. The van der Waals surface area contributed by atoms with E-state index < -0.39 is 0 Å². The molecule has 0 fully saturated rings. The summed E-state index contributed by atoms with van der Waals surface area (Å²) < 4.78 is 4.86. The molecule has 0 spiro atoms. The molecule has 0 atom stereocenters. The Morgan fingerprint density at radius 3 is 2.50 bits per heavy atom. The largest absolute Gasteiger partial charge is 0.463 e. The lowest BCUT2D eigenvalue weighted by atomic mass is 10.1. The number of rotatable bonds is 7. The van der Waals surface area contributed by atoms with Crippen LogP contribution in [0.3, 0.4) is 0 Å². The number of carbonyl (C=O) groups excluding carboxylic acids is 1. The molecular weight excluding hydrogens is 200 g/mol. The van der Waals surface area contributed by atoms with Gasteiger partial charge in [-0.05, 0) is 19.8 Å². The van der Waals surface area contributed by atoms with Crippen molar-refractivity contribution in [3.63, 3.8) is 0 Å². The van der Waals surface area contributed by atoms with Crippen molar-refractivity contribution >= 4 is 17.6 Å². The van der Waals surface area contributed by atoms with E-state index in [1.54, 1.807) is 6.92 Å². The van der Waals surface area contributed by atoms with Crippen molar-refractivity contribution in [2.24, 2.45) is 0 Å². The fraction of sp³-hybridized carbons (Fsp3) is 0.727. The van der Waals surface area contributed by atoms with Crippen LogP contribution in [-0.4, -0.2) is 12.6 Å². The van der Waals surface area contributed by atoms with Gasteiger partial charge in [0.05, 0.1) is 6.61 Å². The zero-order valence-corrected chi connectivity index (χ0v) is 9.77. The number of carbonyl (C=O) groups is 1. The second-order valence-electron chi connectivity index (χ2n) is 3.17. The smallest absolute Gasteiger partial charge is 0.334 e. The maximum absolute atomic E-state index is 11.3. The molecule has 0 aromatic heterocycles. The third kappa shape index (κ3) is 6.03. The summed E-state index contributed by atoms with van der Waals surface area (Å²) in [4.78, 5) is 11.3. The number of hydrogen-bond donors (Lipinski definition) is 0. The Morgan fingerprint density at radius 1 is 1.29 bits per heavy atom. The first-order chi connectivity index (χ1) is 6.76. The van der Waals surface area contributed by atoms with Crippen molar-refractivity contribution < 1.29 is 9.53 Å². The van der Waals surface area contributed by atoms with Gasteiger partial charge in [0.1, 0.15) is 0 Å². The Bertz CT molecular complexity index is 188. The van der Waals surface area contributed by atoms with Crippen molar-refractivity contribution in [2.45, 2.75) is 46.0 Å². The highest BCUT2D eigenvalue weighted by Crippen LogP contribution is 2.12. The molecule has 0 saturated heterocycles. The lowest BCUT2D eigenvalue weighted by molar-refractivity contribution is -0.138. The maximum atomic E-state index is 11.3. The van der Waals surface area contributed by atoms with Crippen LogP contribution in [0.1, 0.15) is 46.0 Å². The van der Waals surface area contributed by atoms with Crippen LogP contribution in [0.25, 0.3) is 0 Å². The van der Waals surface area contributed by atoms with Crippen molar-refractivity contribution in [1.82, 2.24) is 0 Å². The minimum atomic E-state index is -0.279. The van der Waals surface area contributed by atoms with Crippen LogP contribution in [0.5, 0.6) is 0 Å². The van der Waals surface area contributed by atoms with Gasteiger partial charge in [0.2, 0.25) is 0 Å². The molecule has 82 valence electrons. The Kier molecular flexibility index (Phi) is 8.75. The second-order valence-corrected chi connectivity index (χ2v) is 3.38. The van der Waals surface area contributed by atoms with Crippen molar-refractivity contribution in [1.29, 1.82) is 0 Å².